The van der Waals surface area contributed by atoms with Crippen molar-refractivity contribution in [1.82, 2.24) is 4.90 Å². The average Bonchev–Trinajstić information content (AvgIpc) is 2.80. The van der Waals surface area contributed by atoms with Crippen molar-refractivity contribution in [3.8, 4) is 0 Å². The average molecular weight is 273 g/mol. The Kier molecular flexibility index (Phi) is 6.04. The molecule has 5 heteroatoms. The zero-order valence-electron chi connectivity index (χ0n) is 12.1. The topological polar surface area (TPSA) is 51.2 Å². The van der Waals surface area contributed by atoms with E-state index in [9.17, 15) is 5.11 Å². The zero-order chi connectivity index (χ0) is 13.7. The van der Waals surface area contributed by atoms with Gasteiger partial charge in [0.2, 0.25) is 0 Å². The van der Waals surface area contributed by atoms with Crippen LogP contribution < -0.4 is 0 Å². The quantitative estimate of drug-likeness (QED) is 0.770. The smallest absolute Gasteiger partial charge is 0.0900 e. The van der Waals surface area contributed by atoms with Gasteiger partial charge in [0.15, 0.2) is 0 Å². The van der Waals surface area contributed by atoms with Crippen LogP contribution in [0, 0.1) is 0 Å². The molecule has 0 radical (unpaired) electrons. The van der Waals surface area contributed by atoms with Crippen molar-refractivity contribution in [3.63, 3.8) is 0 Å². The van der Waals surface area contributed by atoms with E-state index in [0.29, 0.717) is 19.8 Å². The van der Waals surface area contributed by atoms with E-state index >= 15 is 0 Å². The van der Waals surface area contributed by atoms with Gasteiger partial charge in [-0.25, -0.2) is 0 Å². The summed E-state index contributed by atoms with van der Waals surface area (Å²) in [6.07, 6.45) is 2.48. The highest BCUT2D eigenvalue weighted by Gasteiger charge is 2.24. The number of ether oxygens (including phenoxy) is 3. The molecule has 0 aromatic heterocycles. The van der Waals surface area contributed by atoms with E-state index in [0.717, 1.165) is 32.5 Å². The van der Waals surface area contributed by atoms with Crippen molar-refractivity contribution < 1.29 is 19.3 Å². The third-order valence-corrected chi connectivity index (χ3v) is 3.60. The fourth-order valence-electron chi connectivity index (χ4n) is 2.90. The van der Waals surface area contributed by atoms with Crippen molar-refractivity contribution in [1.29, 1.82) is 0 Å². The van der Waals surface area contributed by atoms with E-state index in [2.05, 4.69) is 18.7 Å². The summed E-state index contributed by atoms with van der Waals surface area (Å²) in [6.45, 7) is 8.41. The molecule has 0 aromatic carbocycles. The van der Waals surface area contributed by atoms with Crippen molar-refractivity contribution in [2.24, 2.45) is 0 Å². The second kappa shape index (κ2) is 7.55. The molecule has 19 heavy (non-hydrogen) atoms. The van der Waals surface area contributed by atoms with Gasteiger partial charge in [0.1, 0.15) is 0 Å². The summed E-state index contributed by atoms with van der Waals surface area (Å²) in [5.41, 5.74) is 0. The van der Waals surface area contributed by atoms with E-state index in [1.54, 1.807) is 0 Å². The van der Waals surface area contributed by atoms with Crippen LogP contribution in [-0.2, 0) is 14.2 Å². The summed E-state index contributed by atoms with van der Waals surface area (Å²) in [5.74, 6) is 0. The maximum absolute atomic E-state index is 10.00. The lowest BCUT2D eigenvalue weighted by molar-refractivity contribution is -0.0846. The molecule has 112 valence electrons. The minimum atomic E-state index is -0.432. The minimum absolute atomic E-state index is 0.232. The van der Waals surface area contributed by atoms with Crippen LogP contribution in [0.4, 0.5) is 0 Å². The van der Waals surface area contributed by atoms with E-state index in [-0.39, 0.29) is 18.3 Å². The van der Waals surface area contributed by atoms with Gasteiger partial charge < -0.3 is 19.3 Å². The molecule has 2 aliphatic rings. The largest absolute Gasteiger partial charge is 0.389 e. The summed E-state index contributed by atoms with van der Waals surface area (Å²) < 4.78 is 16.7. The first-order valence-electron chi connectivity index (χ1n) is 7.38. The van der Waals surface area contributed by atoms with E-state index in [4.69, 9.17) is 14.2 Å². The maximum atomic E-state index is 10.00. The van der Waals surface area contributed by atoms with Crippen molar-refractivity contribution in [2.75, 3.05) is 39.5 Å². The molecule has 1 N–H and O–H groups in total. The Balaban J connectivity index is 1.59. The van der Waals surface area contributed by atoms with Gasteiger partial charge in [-0.05, 0) is 26.7 Å². The molecule has 2 saturated heterocycles. The van der Waals surface area contributed by atoms with E-state index in [1.165, 1.54) is 0 Å². The molecule has 0 aromatic rings. The highest BCUT2D eigenvalue weighted by atomic mass is 16.5. The highest BCUT2D eigenvalue weighted by Crippen LogP contribution is 2.13. The molecule has 0 aliphatic carbocycles. The summed E-state index contributed by atoms with van der Waals surface area (Å²) in [4.78, 5) is 2.25. The maximum Gasteiger partial charge on any atom is 0.0900 e. The predicted octanol–water partition coefficient (Wildman–Crippen LogP) is 0.652. The fourth-order valence-corrected chi connectivity index (χ4v) is 2.90. The molecular formula is C14H27NO4. The second-order valence-corrected chi connectivity index (χ2v) is 5.80. The molecule has 4 atom stereocenters. The fraction of sp³-hybridized carbons (Fsp3) is 1.00. The first-order chi connectivity index (χ1) is 9.13. The molecule has 0 spiro atoms. The van der Waals surface area contributed by atoms with Crippen LogP contribution in [0.1, 0.15) is 26.7 Å². The third kappa shape index (κ3) is 5.36. The lowest BCUT2D eigenvalue weighted by atomic mass is 10.2. The molecule has 2 fully saturated rings. The zero-order valence-corrected chi connectivity index (χ0v) is 12.1. The summed E-state index contributed by atoms with van der Waals surface area (Å²) >= 11 is 0. The first-order valence-corrected chi connectivity index (χ1v) is 7.38. The number of morpholine rings is 1. The standard InChI is InChI=1S/C14H27NO4/c1-11-6-15(7-12(2)19-11)8-13(16)9-17-10-14-4-3-5-18-14/h11-14,16H,3-10H2,1-2H3. The lowest BCUT2D eigenvalue weighted by Gasteiger charge is -2.36. The van der Waals surface area contributed by atoms with Crippen LogP contribution in [0.5, 0.6) is 0 Å². The van der Waals surface area contributed by atoms with Gasteiger partial charge in [-0.15, -0.1) is 0 Å². The molecule has 2 aliphatic heterocycles. The molecule has 0 amide bonds. The number of nitrogens with zero attached hydrogens (tertiary/aromatic N) is 1. The Hall–Kier alpha value is -0.200. The van der Waals surface area contributed by atoms with Crippen molar-refractivity contribution in [3.05, 3.63) is 0 Å². The molecule has 0 saturated carbocycles. The summed E-state index contributed by atoms with van der Waals surface area (Å²) in [7, 11) is 0. The van der Waals surface area contributed by atoms with Crippen LogP contribution in [0.3, 0.4) is 0 Å². The van der Waals surface area contributed by atoms with Crippen molar-refractivity contribution >= 4 is 0 Å². The Bertz CT molecular complexity index is 248. The number of rotatable bonds is 6. The van der Waals surface area contributed by atoms with Crippen LogP contribution in [0.25, 0.3) is 0 Å². The van der Waals surface area contributed by atoms with Crippen LogP contribution in [0.2, 0.25) is 0 Å². The Labute approximate surface area is 115 Å². The predicted molar refractivity (Wildman–Crippen MR) is 72.2 cm³/mol. The van der Waals surface area contributed by atoms with Gasteiger partial charge in [0, 0.05) is 26.2 Å². The Morgan fingerprint density at radius 2 is 2.05 bits per heavy atom. The van der Waals surface area contributed by atoms with Gasteiger partial charge in [0.25, 0.3) is 0 Å². The normalized spacial score (nSPS) is 34.6. The van der Waals surface area contributed by atoms with E-state index in [1.807, 2.05) is 0 Å². The summed E-state index contributed by atoms with van der Waals surface area (Å²) in [6, 6.07) is 0. The molecule has 2 heterocycles. The Morgan fingerprint density at radius 3 is 2.68 bits per heavy atom. The SMILES string of the molecule is CC1CN(CC(O)COCC2CCCO2)CC(C)O1. The van der Waals surface area contributed by atoms with E-state index < -0.39 is 6.10 Å². The number of aliphatic hydroxyl groups is 1. The molecule has 4 unspecified atom stereocenters. The number of hydrogen-bond acceptors (Lipinski definition) is 5. The van der Waals surface area contributed by atoms with Crippen LogP contribution in [-0.4, -0.2) is 73.9 Å². The van der Waals surface area contributed by atoms with Crippen LogP contribution in [0.15, 0.2) is 0 Å². The minimum Gasteiger partial charge on any atom is -0.389 e. The molecular weight excluding hydrogens is 246 g/mol. The van der Waals surface area contributed by atoms with Gasteiger partial charge in [-0.2, -0.15) is 0 Å². The highest BCUT2D eigenvalue weighted by molar-refractivity contribution is 4.75. The third-order valence-electron chi connectivity index (χ3n) is 3.60. The number of hydrogen-bond donors (Lipinski definition) is 1. The summed E-state index contributed by atoms with van der Waals surface area (Å²) in [5, 5.41) is 10.00. The first kappa shape index (κ1) is 15.2. The second-order valence-electron chi connectivity index (χ2n) is 5.80. The van der Waals surface area contributed by atoms with Gasteiger partial charge >= 0.3 is 0 Å². The van der Waals surface area contributed by atoms with Gasteiger partial charge in [-0.3, -0.25) is 4.90 Å². The number of aliphatic hydroxyl groups excluding tert-OH is 1. The molecule has 0 bridgehead atoms. The molecule has 2 rings (SSSR count). The van der Waals surface area contributed by atoms with Gasteiger partial charge in [0.05, 0.1) is 37.6 Å². The lowest BCUT2D eigenvalue weighted by Crippen LogP contribution is -2.48. The van der Waals surface area contributed by atoms with Gasteiger partial charge in [-0.1, -0.05) is 0 Å². The number of β-amino-alcohol motifs (C(OH)–C–C–N with tert-alkyl or cyclic N) is 1. The Morgan fingerprint density at radius 1 is 1.32 bits per heavy atom. The van der Waals surface area contributed by atoms with Crippen LogP contribution >= 0.6 is 0 Å². The van der Waals surface area contributed by atoms with Crippen molar-refractivity contribution in [2.45, 2.75) is 51.1 Å². The molecule has 5 nitrogen and oxygen atoms in total. The monoisotopic (exact) mass is 273 g/mol.